The summed E-state index contributed by atoms with van der Waals surface area (Å²) in [6.45, 7) is 0.695. The summed E-state index contributed by atoms with van der Waals surface area (Å²) in [5.74, 6) is 0.314. The molecule has 0 aromatic heterocycles. The van der Waals surface area contributed by atoms with E-state index >= 15 is 0 Å². The van der Waals surface area contributed by atoms with Crippen LogP contribution >= 0.6 is 24.0 Å². The molecule has 1 heterocycles. The lowest BCUT2D eigenvalue weighted by molar-refractivity contribution is -0.0504. The lowest BCUT2D eigenvalue weighted by Gasteiger charge is -2.22. The summed E-state index contributed by atoms with van der Waals surface area (Å²) in [4.78, 5) is 4.32. The number of hydrogen-bond donors (Lipinski definition) is 3. The molecular formula is C19H31F2IN4O4S. The van der Waals surface area contributed by atoms with Crippen LogP contribution in [0.4, 0.5) is 8.78 Å². The lowest BCUT2D eigenvalue weighted by Crippen LogP contribution is -2.42. The van der Waals surface area contributed by atoms with Crippen molar-refractivity contribution in [1.29, 1.82) is 0 Å². The van der Waals surface area contributed by atoms with Gasteiger partial charge >= 0.3 is 6.61 Å². The summed E-state index contributed by atoms with van der Waals surface area (Å²) < 4.78 is 62.0. The average Bonchev–Trinajstić information content (AvgIpc) is 2.72. The van der Waals surface area contributed by atoms with Crippen molar-refractivity contribution < 1.29 is 26.7 Å². The molecule has 8 nitrogen and oxygen atoms in total. The second-order valence-electron chi connectivity index (χ2n) is 6.76. The first-order valence-corrected chi connectivity index (χ1v) is 11.7. The molecule has 1 aliphatic rings. The van der Waals surface area contributed by atoms with E-state index in [4.69, 9.17) is 4.74 Å². The number of sulfonamides is 1. The third-order valence-corrected chi connectivity index (χ3v) is 5.76. The molecule has 1 fully saturated rings. The van der Waals surface area contributed by atoms with Crippen LogP contribution in [0.25, 0.3) is 0 Å². The van der Waals surface area contributed by atoms with Crippen LogP contribution in [0.2, 0.25) is 0 Å². The molecule has 0 spiro atoms. The molecule has 1 unspecified atom stereocenters. The van der Waals surface area contributed by atoms with Crippen LogP contribution in [-0.2, 0) is 21.3 Å². The first kappa shape index (κ1) is 27.8. The molecule has 0 saturated carbocycles. The molecule has 1 aromatic carbocycles. The van der Waals surface area contributed by atoms with Crippen molar-refractivity contribution in [2.75, 3.05) is 32.0 Å². The van der Waals surface area contributed by atoms with Crippen LogP contribution in [-0.4, -0.2) is 59.1 Å². The standard InChI is InChI=1S/C19H30F2N4O4S.HI/c1-2-22-19(24-13-15-7-3-4-9-17(15)29-18(20)21)23-10-12-30(26,27)25-14-16-8-5-6-11-28-16;/h3-4,7,9,16,18,25H,2,5-6,8,10-14H2,1H3,(H2,22,23,24);1H. The van der Waals surface area contributed by atoms with Crippen LogP contribution in [0.3, 0.4) is 0 Å². The minimum atomic E-state index is -3.46. The minimum Gasteiger partial charge on any atom is -0.434 e. The molecule has 1 saturated heterocycles. The maximum Gasteiger partial charge on any atom is 0.387 e. The zero-order chi connectivity index (χ0) is 21.8. The van der Waals surface area contributed by atoms with Crippen LogP contribution in [0.15, 0.2) is 29.3 Å². The molecule has 178 valence electrons. The Morgan fingerprint density at radius 3 is 2.74 bits per heavy atom. The van der Waals surface area contributed by atoms with Crippen molar-refractivity contribution in [2.24, 2.45) is 4.99 Å². The molecule has 0 bridgehead atoms. The first-order valence-electron chi connectivity index (χ1n) is 10.0. The van der Waals surface area contributed by atoms with Gasteiger partial charge in [-0.1, -0.05) is 18.2 Å². The first-order chi connectivity index (χ1) is 14.4. The Labute approximate surface area is 199 Å². The minimum absolute atomic E-state index is 0. The fourth-order valence-corrected chi connectivity index (χ4v) is 3.87. The number of ether oxygens (including phenoxy) is 2. The second-order valence-corrected chi connectivity index (χ2v) is 8.69. The van der Waals surface area contributed by atoms with E-state index in [1.54, 1.807) is 18.2 Å². The molecule has 3 N–H and O–H groups in total. The highest BCUT2D eigenvalue weighted by molar-refractivity contribution is 14.0. The lowest BCUT2D eigenvalue weighted by atomic mass is 10.1. The maximum atomic E-state index is 12.5. The molecule has 0 amide bonds. The number of nitrogens with zero attached hydrogens (tertiary/aromatic N) is 1. The van der Waals surface area contributed by atoms with Gasteiger partial charge in [-0.25, -0.2) is 18.1 Å². The summed E-state index contributed by atoms with van der Waals surface area (Å²) in [5, 5.41) is 5.94. The molecule has 0 radical (unpaired) electrons. The van der Waals surface area contributed by atoms with Crippen LogP contribution < -0.4 is 20.1 Å². The van der Waals surface area contributed by atoms with Gasteiger partial charge in [-0.2, -0.15) is 8.78 Å². The van der Waals surface area contributed by atoms with E-state index in [0.29, 0.717) is 24.7 Å². The monoisotopic (exact) mass is 576 g/mol. The molecule has 1 aromatic rings. The Bertz CT molecular complexity index is 778. The maximum absolute atomic E-state index is 12.5. The number of guanidine groups is 1. The van der Waals surface area contributed by atoms with E-state index in [9.17, 15) is 17.2 Å². The zero-order valence-electron chi connectivity index (χ0n) is 17.5. The van der Waals surface area contributed by atoms with Gasteiger partial charge in [0.2, 0.25) is 10.0 Å². The number of rotatable bonds is 11. The quantitative estimate of drug-likeness (QED) is 0.213. The van der Waals surface area contributed by atoms with E-state index in [2.05, 4.69) is 25.1 Å². The molecule has 2 rings (SSSR count). The van der Waals surface area contributed by atoms with Crippen LogP contribution in [0, 0.1) is 0 Å². The van der Waals surface area contributed by atoms with E-state index in [1.807, 2.05) is 6.92 Å². The smallest absolute Gasteiger partial charge is 0.387 e. The Hall–Kier alpha value is -1.25. The third-order valence-electron chi connectivity index (χ3n) is 4.41. The number of alkyl halides is 2. The Kier molecular flexibility index (Phi) is 13.2. The predicted octanol–water partition coefficient (Wildman–Crippen LogP) is 2.45. The number of aliphatic imine (C=N–C) groups is 1. The van der Waals surface area contributed by atoms with Crippen molar-refractivity contribution in [3.63, 3.8) is 0 Å². The van der Waals surface area contributed by atoms with E-state index < -0.39 is 16.6 Å². The van der Waals surface area contributed by atoms with Crippen LogP contribution in [0.1, 0.15) is 31.7 Å². The highest BCUT2D eigenvalue weighted by Gasteiger charge is 2.17. The van der Waals surface area contributed by atoms with Crippen molar-refractivity contribution in [3.05, 3.63) is 29.8 Å². The van der Waals surface area contributed by atoms with Gasteiger partial charge in [0, 0.05) is 31.8 Å². The van der Waals surface area contributed by atoms with Crippen molar-refractivity contribution >= 4 is 40.0 Å². The second kappa shape index (κ2) is 14.7. The van der Waals surface area contributed by atoms with Gasteiger partial charge in [0.15, 0.2) is 5.96 Å². The number of nitrogens with one attached hydrogen (secondary N) is 3. The molecule has 12 heteroatoms. The Morgan fingerprint density at radius 1 is 1.29 bits per heavy atom. The Morgan fingerprint density at radius 2 is 2.06 bits per heavy atom. The fraction of sp³-hybridized carbons (Fsp3) is 0.632. The summed E-state index contributed by atoms with van der Waals surface area (Å²) in [6, 6.07) is 6.40. The summed E-state index contributed by atoms with van der Waals surface area (Å²) in [7, 11) is -3.46. The van der Waals surface area contributed by atoms with Gasteiger partial charge in [-0.15, -0.1) is 24.0 Å². The Balaban J connectivity index is 0.00000480. The summed E-state index contributed by atoms with van der Waals surface area (Å²) in [6.07, 6.45) is 2.84. The zero-order valence-corrected chi connectivity index (χ0v) is 20.6. The highest BCUT2D eigenvalue weighted by Crippen LogP contribution is 2.20. The number of halogens is 3. The molecular weight excluding hydrogens is 545 g/mol. The molecule has 1 aliphatic heterocycles. The summed E-state index contributed by atoms with van der Waals surface area (Å²) >= 11 is 0. The topological polar surface area (TPSA) is 101 Å². The molecule has 0 aliphatic carbocycles. The van der Waals surface area contributed by atoms with Gasteiger partial charge < -0.3 is 20.1 Å². The van der Waals surface area contributed by atoms with Crippen molar-refractivity contribution in [3.8, 4) is 5.75 Å². The van der Waals surface area contributed by atoms with E-state index in [1.165, 1.54) is 6.07 Å². The van der Waals surface area contributed by atoms with Gasteiger partial charge in [-0.3, -0.25) is 0 Å². The fourth-order valence-electron chi connectivity index (χ4n) is 2.92. The molecule has 31 heavy (non-hydrogen) atoms. The number of benzene rings is 1. The SMILES string of the molecule is CCNC(=NCc1ccccc1OC(F)F)NCCS(=O)(=O)NCC1CCCCO1.I. The average molecular weight is 576 g/mol. The van der Waals surface area contributed by atoms with E-state index in [-0.39, 0.29) is 61.2 Å². The third kappa shape index (κ3) is 11.3. The van der Waals surface area contributed by atoms with E-state index in [0.717, 1.165) is 19.3 Å². The number of para-hydroxylation sites is 1. The molecule has 1 atom stereocenters. The number of hydrogen-bond acceptors (Lipinski definition) is 5. The summed E-state index contributed by atoms with van der Waals surface area (Å²) in [5.41, 5.74) is 0.497. The largest absolute Gasteiger partial charge is 0.434 e. The van der Waals surface area contributed by atoms with Crippen LogP contribution in [0.5, 0.6) is 5.75 Å². The van der Waals surface area contributed by atoms with Gasteiger partial charge in [-0.05, 0) is 32.3 Å². The van der Waals surface area contributed by atoms with Gasteiger partial charge in [0.25, 0.3) is 0 Å². The van der Waals surface area contributed by atoms with Crippen molar-refractivity contribution in [1.82, 2.24) is 15.4 Å². The van der Waals surface area contributed by atoms with Crippen molar-refractivity contribution in [2.45, 2.75) is 45.4 Å². The normalized spacial score (nSPS) is 17.2. The van der Waals surface area contributed by atoms with Gasteiger partial charge in [0.05, 0.1) is 18.4 Å². The highest BCUT2D eigenvalue weighted by atomic mass is 127. The predicted molar refractivity (Wildman–Crippen MR) is 127 cm³/mol. The van der Waals surface area contributed by atoms with Gasteiger partial charge in [0.1, 0.15) is 5.75 Å².